The Morgan fingerprint density at radius 1 is 1.00 bits per heavy atom. The molecule has 1 saturated heterocycles. The van der Waals surface area contributed by atoms with Gasteiger partial charge in [-0.3, -0.25) is 29.8 Å². The van der Waals surface area contributed by atoms with E-state index in [1.165, 1.54) is 40.1 Å². The summed E-state index contributed by atoms with van der Waals surface area (Å²) < 4.78 is 43.3. The van der Waals surface area contributed by atoms with Crippen LogP contribution in [0.15, 0.2) is 54.6 Å². The van der Waals surface area contributed by atoms with Crippen molar-refractivity contribution in [3.8, 4) is 17.2 Å². The molecule has 1 atom stereocenters. The maximum Gasteiger partial charge on any atom is 0.411 e. The van der Waals surface area contributed by atoms with E-state index in [1.807, 2.05) is 0 Å². The number of halogens is 2. The molecule has 2 N–H and O–H groups in total. The Morgan fingerprint density at radius 3 is 2.42 bits per heavy atom. The largest absolute Gasteiger partial charge is 0.482 e. The molecule has 1 unspecified atom stereocenters. The lowest BCUT2D eigenvalue weighted by molar-refractivity contribution is -0.137. The highest BCUT2D eigenvalue weighted by atomic mass is 19.2. The van der Waals surface area contributed by atoms with Crippen LogP contribution in [0.2, 0.25) is 0 Å². The van der Waals surface area contributed by atoms with Gasteiger partial charge in [0.15, 0.2) is 18.2 Å². The first kappa shape index (κ1) is 30.9. The molecular formula is C31H28F2N4O8. The molecule has 0 radical (unpaired) electrons. The molecule has 0 aliphatic carbocycles. The van der Waals surface area contributed by atoms with Crippen LogP contribution < -0.4 is 20.1 Å². The molecule has 3 aromatic carbocycles. The summed E-state index contributed by atoms with van der Waals surface area (Å²) in [6.45, 7) is -0.628. The number of hydrogen-bond donors (Lipinski definition) is 2. The number of hydrogen-bond acceptors (Lipinski definition) is 8. The molecule has 12 nitrogen and oxygen atoms in total. The molecule has 5 rings (SSSR count). The minimum absolute atomic E-state index is 0.0500. The van der Waals surface area contributed by atoms with Crippen LogP contribution in [0.5, 0.6) is 17.2 Å². The number of anilines is 1. The quantitative estimate of drug-likeness (QED) is 0.344. The highest BCUT2D eigenvalue weighted by molar-refractivity contribution is 6.06. The molecule has 0 bridgehead atoms. The van der Waals surface area contributed by atoms with Crippen molar-refractivity contribution >= 4 is 35.4 Å². The molecule has 2 aliphatic rings. The zero-order valence-corrected chi connectivity index (χ0v) is 24.2. The van der Waals surface area contributed by atoms with E-state index in [-0.39, 0.29) is 49.0 Å². The number of nitrogens with one attached hydrogen (secondary N) is 2. The van der Waals surface area contributed by atoms with E-state index in [9.17, 15) is 32.8 Å². The number of nitrogens with zero attached hydrogens (tertiary/aromatic N) is 2. The Bertz CT molecular complexity index is 1680. The minimum atomic E-state index is -1.05. The van der Waals surface area contributed by atoms with Crippen molar-refractivity contribution in [2.75, 3.05) is 26.0 Å². The number of carbonyl (C=O) groups is 5. The fourth-order valence-corrected chi connectivity index (χ4v) is 4.78. The highest BCUT2D eigenvalue weighted by Crippen LogP contribution is 2.37. The smallest absolute Gasteiger partial charge is 0.411 e. The van der Waals surface area contributed by atoms with Gasteiger partial charge < -0.3 is 24.0 Å². The van der Waals surface area contributed by atoms with Gasteiger partial charge in [0.25, 0.3) is 11.8 Å². The Balaban J connectivity index is 1.27. The molecule has 0 aromatic heterocycles. The average molecular weight is 623 g/mol. The number of ether oxygens (including phenoxy) is 3. The highest BCUT2D eigenvalue weighted by Gasteiger charge is 2.41. The summed E-state index contributed by atoms with van der Waals surface area (Å²) >= 11 is 0. The molecule has 45 heavy (non-hydrogen) atoms. The Kier molecular flexibility index (Phi) is 8.93. The number of carbonyl (C=O) groups excluding carboxylic acids is 5. The minimum Gasteiger partial charge on any atom is -0.482 e. The third-order valence-electron chi connectivity index (χ3n) is 7.15. The summed E-state index contributed by atoms with van der Waals surface area (Å²) in [7, 11) is 3.10. The molecule has 234 valence electrons. The molecule has 0 spiro atoms. The SMILES string of the molecule is CN(C)C(=O)COc1c(COC(=O)Nc2ccc(Oc3ccc(F)c(F)c3)cc2)ccc2c1C(=O)N(C1CCC(=O)NC1=O)C2. The van der Waals surface area contributed by atoms with Crippen molar-refractivity contribution in [3.63, 3.8) is 0 Å². The molecule has 3 aromatic rings. The van der Waals surface area contributed by atoms with Crippen LogP contribution in [0.4, 0.5) is 19.3 Å². The van der Waals surface area contributed by atoms with Crippen molar-refractivity contribution in [1.82, 2.24) is 15.1 Å². The average Bonchev–Trinajstić information content (AvgIpc) is 3.33. The zero-order chi connectivity index (χ0) is 32.2. The molecular weight excluding hydrogens is 594 g/mol. The van der Waals surface area contributed by atoms with E-state index in [2.05, 4.69) is 10.6 Å². The van der Waals surface area contributed by atoms with Gasteiger partial charge in [-0.1, -0.05) is 12.1 Å². The summed E-state index contributed by atoms with van der Waals surface area (Å²) in [6.07, 6.45) is -0.569. The van der Waals surface area contributed by atoms with E-state index < -0.39 is 48.1 Å². The lowest BCUT2D eigenvalue weighted by atomic mass is 10.0. The van der Waals surface area contributed by atoms with Crippen LogP contribution in [0.25, 0.3) is 0 Å². The van der Waals surface area contributed by atoms with Crippen LogP contribution in [0.1, 0.15) is 34.3 Å². The monoisotopic (exact) mass is 622 g/mol. The summed E-state index contributed by atoms with van der Waals surface area (Å²) in [5.74, 6) is -3.46. The van der Waals surface area contributed by atoms with Crippen LogP contribution in [-0.2, 0) is 32.3 Å². The molecule has 2 aliphatic heterocycles. The van der Waals surface area contributed by atoms with Crippen molar-refractivity contribution in [1.29, 1.82) is 0 Å². The number of likely N-dealkylation sites (N-methyl/N-ethyl adjacent to an activating group) is 1. The maximum absolute atomic E-state index is 13.5. The van der Waals surface area contributed by atoms with Crippen LogP contribution >= 0.6 is 0 Å². The zero-order valence-electron chi connectivity index (χ0n) is 24.2. The lowest BCUT2D eigenvalue weighted by Gasteiger charge is -2.29. The van der Waals surface area contributed by atoms with Crippen molar-refractivity contribution in [3.05, 3.63) is 82.9 Å². The second-order valence-corrected chi connectivity index (χ2v) is 10.5. The molecule has 0 saturated carbocycles. The number of rotatable bonds is 9. The van der Waals surface area contributed by atoms with Gasteiger partial charge in [0.2, 0.25) is 11.8 Å². The van der Waals surface area contributed by atoms with E-state index in [0.717, 1.165) is 12.1 Å². The fourth-order valence-electron chi connectivity index (χ4n) is 4.78. The predicted molar refractivity (Wildman–Crippen MR) is 153 cm³/mol. The third-order valence-corrected chi connectivity index (χ3v) is 7.15. The Labute approximate surface area is 255 Å². The van der Waals surface area contributed by atoms with Gasteiger partial charge in [-0.15, -0.1) is 0 Å². The second-order valence-electron chi connectivity index (χ2n) is 10.5. The number of piperidine rings is 1. The molecule has 14 heteroatoms. The van der Waals surface area contributed by atoms with Gasteiger partial charge in [0.05, 0.1) is 5.56 Å². The first-order chi connectivity index (χ1) is 21.5. The van der Waals surface area contributed by atoms with Gasteiger partial charge in [-0.25, -0.2) is 13.6 Å². The number of amides is 5. The van der Waals surface area contributed by atoms with E-state index in [0.29, 0.717) is 22.6 Å². The maximum atomic E-state index is 13.5. The summed E-state index contributed by atoms with van der Waals surface area (Å²) in [4.78, 5) is 65.2. The standard InChI is InChI=1S/C31H28F2N4O8/c1-36(2)26(39)16-43-28-18(4-3-17-14-37(30(41)27(17)28)24-11-12-25(38)35-29(24)40)15-44-31(42)34-19-5-7-20(8-6-19)45-21-9-10-22(32)23(33)13-21/h3-10,13,24H,11-12,14-16H2,1-2H3,(H,34,42)(H,35,38,40). The third kappa shape index (κ3) is 7.00. The predicted octanol–water partition coefficient (Wildman–Crippen LogP) is 3.73. The Morgan fingerprint density at radius 2 is 1.73 bits per heavy atom. The van der Waals surface area contributed by atoms with E-state index >= 15 is 0 Å². The van der Waals surface area contributed by atoms with Gasteiger partial charge in [-0.2, -0.15) is 0 Å². The van der Waals surface area contributed by atoms with Crippen molar-refractivity contribution < 1.29 is 47.0 Å². The van der Waals surface area contributed by atoms with Crippen LogP contribution in [0, 0.1) is 11.6 Å². The second kappa shape index (κ2) is 13.0. The number of imide groups is 1. The summed E-state index contributed by atoms with van der Waals surface area (Å²) in [5, 5.41) is 4.80. The molecule has 5 amide bonds. The fraction of sp³-hybridized carbons (Fsp3) is 0.258. The van der Waals surface area contributed by atoms with Gasteiger partial charge >= 0.3 is 6.09 Å². The lowest BCUT2D eigenvalue weighted by Crippen LogP contribution is -2.52. The van der Waals surface area contributed by atoms with Crippen LogP contribution in [0.3, 0.4) is 0 Å². The normalized spacial score (nSPS) is 15.7. The number of fused-ring (bicyclic) bond motifs is 1. The van der Waals surface area contributed by atoms with Gasteiger partial charge in [0.1, 0.15) is 29.9 Å². The van der Waals surface area contributed by atoms with Crippen molar-refractivity contribution in [2.45, 2.75) is 32.0 Å². The molecule has 1 fully saturated rings. The molecule has 2 heterocycles. The topological polar surface area (TPSA) is 144 Å². The van der Waals surface area contributed by atoms with Gasteiger partial charge in [-0.05, 0) is 48.4 Å². The van der Waals surface area contributed by atoms with Crippen molar-refractivity contribution in [2.24, 2.45) is 0 Å². The van der Waals surface area contributed by atoms with E-state index in [1.54, 1.807) is 26.2 Å². The van der Waals surface area contributed by atoms with E-state index in [4.69, 9.17) is 14.2 Å². The van der Waals surface area contributed by atoms with Crippen LogP contribution in [-0.4, -0.2) is 66.3 Å². The summed E-state index contributed by atoms with van der Waals surface area (Å²) in [5.41, 5.74) is 1.35. The Hall–Kier alpha value is -5.53. The first-order valence-electron chi connectivity index (χ1n) is 13.8. The summed E-state index contributed by atoms with van der Waals surface area (Å²) in [6, 6.07) is 11.6. The first-order valence-corrected chi connectivity index (χ1v) is 13.8. The number of benzene rings is 3. The van der Waals surface area contributed by atoms with Gasteiger partial charge in [0, 0.05) is 44.4 Å².